The Morgan fingerprint density at radius 1 is 0.881 bits per heavy atom. The van der Waals surface area contributed by atoms with Crippen molar-refractivity contribution in [2.24, 2.45) is 0 Å². The molecule has 1 fully saturated rings. The molecule has 42 heavy (non-hydrogen) atoms. The lowest BCUT2D eigenvalue weighted by Gasteiger charge is -2.27. The van der Waals surface area contributed by atoms with Gasteiger partial charge >= 0.3 is 0 Å². The zero-order valence-corrected chi connectivity index (χ0v) is 24.9. The van der Waals surface area contributed by atoms with E-state index in [0.717, 1.165) is 31.2 Å². The van der Waals surface area contributed by atoms with Gasteiger partial charge in [0, 0.05) is 18.2 Å². The Bertz CT molecular complexity index is 1410. The van der Waals surface area contributed by atoms with Crippen LogP contribution in [0, 0.1) is 0 Å². The maximum Gasteiger partial charge on any atom is 0.251 e. The summed E-state index contributed by atoms with van der Waals surface area (Å²) in [6.07, 6.45) is 4.76. The predicted molar refractivity (Wildman–Crippen MR) is 164 cm³/mol. The minimum Gasteiger partial charge on any atom is -0.390 e. The summed E-state index contributed by atoms with van der Waals surface area (Å²) in [5, 5.41) is 20.3. The molecule has 1 aliphatic carbocycles. The summed E-state index contributed by atoms with van der Waals surface area (Å²) >= 11 is 0. The Hall–Kier alpha value is -3.53. The second-order valence-electron chi connectivity index (χ2n) is 11.1. The topological polar surface area (TPSA) is 125 Å². The highest BCUT2D eigenvalue weighted by atomic mass is 32.2. The van der Waals surface area contributed by atoms with Crippen LogP contribution in [0.3, 0.4) is 0 Å². The molecular weight excluding hydrogens is 550 g/mol. The maximum atomic E-state index is 13.4. The van der Waals surface area contributed by atoms with Crippen LogP contribution in [0.25, 0.3) is 0 Å². The fourth-order valence-corrected chi connectivity index (χ4v) is 6.61. The number of benzene rings is 3. The van der Waals surface area contributed by atoms with Gasteiger partial charge in [0.2, 0.25) is 5.91 Å². The quantitative estimate of drug-likeness (QED) is 0.240. The number of aliphatic hydroxyl groups is 1. The lowest BCUT2D eigenvalue weighted by Crippen LogP contribution is -2.53. The van der Waals surface area contributed by atoms with Crippen LogP contribution in [0.2, 0.25) is 0 Å². The first-order valence-corrected chi connectivity index (χ1v) is 16.3. The summed E-state index contributed by atoms with van der Waals surface area (Å²) < 4.78 is 26.1. The van der Waals surface area contributed by atoms with Crippen molar-refractivity contribution in [2.75, 3.05) is 6.54 Å². The van der Waals surface area contributed by atoms with E-state index in [0.29, 0.717) is 12.0 Å². The third-order valence-electron chi connectivity index (χ3n) is 7.71. The molecule has 0 aromatic heterocycles. The number of amides is 2. The first-order valence-electron chi connectivity index (χ1n) is 14.6. The molecule has 0 aliphatic heterocycles. The van der Waals surface area contributed by atoms with Gasteiger partial charge in [0.25, 0.3) is 5.91 Å². The van der Waals surface area contributed by atoms with Gasteiger partial charge in [-0.15, -0.1) is 0 Å². The maximum absolute atomic E-state index is 13.4. The molecule has 9 heteroatoms. The van der Waals surface area contributed by atoms with Gasteiger partial charge in [-0.2, -0.15) is 0 Å². The molecule has 0 unspecified atom stereocenters. The molecule has 1 saturated carbocycles. The molecule has 8 nitrogen and oxygen atoms in total. The minimum absolute atomic E-state index is 0.0543. The Labute approximate surface area is 248 Å². The van der Waals surface area contributed by atoms with Gasteiger partial charge in [0.05, 0.1) is 28.8 Å². The lowest BCUT2D eigenvalue weighted by atomic mass is 9.95. The van der Waals surface area contributed by atoms with E-state index in [2.05, 4.69) is 16.0 Å². The van der Waals surface area contributed by atoms with E-state index in [1.807, 2.05) is 36.4 Å². The van der Waals surface area contributed by atoms with Gasteiger partial charge in [-0.3, -0.25) is 9.59 Å². The Morgan fingerprint density at radius 3 is 2.19 bits per heavy atom. The van der Waals surface area contributed by atoms with Crippen LogP contribution in [0.4, 0.5) is 0 Å². The third-order valence-corrected chi connectivity index (χ3v) is 9.40. The number of hydrogen-bond donors (Lipinski definition) is 4. The highest BCUT2D eigenvalue weighted by Gasteiger charge is 2.26. The fraction of sp³-hybridized carbons (Fsp3) is 0.394. The van der Waals surface area contributed by atoms with Gasteiger partial charge in [-0.1, -0.05) is 86.0 Å². The van der Waals surface area contributed by atoms with Crippen molar-refractivity contribution in [1.29, 1.82) is 0 Å². The second kappa shape index (κ2) is 15.1. The summed E-state index contributed by atoms with van der Waals surface area (Å²) in [4.78, 5) is 26.1. The molecular formula is C33H41N3O5S. The molecule has 0 radical (unpaired) electrons. The third kappa shape index (κ3) is 9.24. The molecule has 4 rings (SSSR count). The van der Waals surface area contributed by atoms with Gasteiger partial charge in [0.1, 0.15) is 0 Å². The predicted octanol–water partition coefficient (Wildman–Crippen LogP) is 3.79. The highest BCUT2D eigenvalue weighted by Crippen LogP contribution is 2.19. The van der Waals surface area contributed by atoms with E-state index in [4.69, 9.17) is 0 Å². The second-order valence-corrected chi connectivity index (χ2v) is 13.1. The van der Waals surface area contributed by atoms with E-state index >= 15 is 0 Å². The number of aliphatic hydroxyl groups excluding tert-OH is 1. The van der Waals surface area contributed by atoms with E-state index in [1.165, 1.54) is 18.6 Å². The van der Waals surface area contributed by atoms with Crippen LogP contribution in [0.5, 0.6) is 0 Å². The average molecular weight is 592 g/mol. The fourth-order valence-electron chi connectivity index (χ4n) is 5.22. The molecule has 3 atom stereocenters. The van der Waals surface area contributed by atoms with Crippen molar-refractivity contribution in [2.45, 2.75) is 80.3 Å². The molecule has 0 spiro atoms. The largest absolute Gasteiger partial charge is 0.390 e. The van der Waals surface area contributed by atoms with Crippen LogP contribution in [0.15, 0.2) is 89.8 Å². The zero-order valence-electron chi connectivity index (χ0n) is 24.0. The summed E-state index contributed by atoms with van der Waals surface area (Å²) in [5.41, 5.74) is 1.76. The normalized spacial score (nSPS) is 16.2. The van der Waals surface area contributed by atoms with E-state index < -0.39 is 33.9 Å². The monoisotopic (exact) mass is 591 g/mol. The van der Waals surface area contributed by atoms with Crippen molar-refractivity contribution in [3.63, 3.8) is 0 Å². The van der Waals surface area contributed by atoms with E-state index in [9.17, 15) is 23.1 Å². The smallest absolute Gasteiger partial charge is 0.251 e. The standard InChI is InChI=1S/C33H41N3O5S/c1-24(32(38)35-28-17-9-4-10-18-28)34-22-31(37)30(20-25-12-5-2-6-13-25)36-33(39)27-16-11-19-29(21-27)42(40,41)23-26-14-7-3-8-15-26/h2-3,5-8,11-16,19,21,24,28,30-31,34,37H,4,9-10,17-18,20,22-23H2,1H3,(H,35,38)(H,36,39)/t24-,30-,31+/m0/s1. The molecule has 4 N–H and O–H groups in total. The Balaban J connectivity index is 1.42. The summed E-state index contributed by atoms with van der Waals surface area (Å²) in [7, 11) is -3.68. The van der Waals surface area contributed by atoms with Crippen molar-refractivity contribution in [3.8, 4) is 0 Å². The molecule has 3 aromatic rings. The number of hydrogen-bond acceptors (Lipinski definition) is 6. The van der Waals surface area contributed by atoms with Crippen LogP contribution >= 0.6 is 0 Å². The average Bonchev–Trinajstić information content (AvgIpc) is 3.00. The number of sulfone groups is 1. The molecule has 3 aromatic carbocycles. The number of nitrogens with one attached hydrogen (secondary N) is 3. The molecule has 0 bridgehead atoms. The van der Waals surface area contributed by atoms with Crippen LogP contribution in [-0.4, -0.2) is 56.1 Å². The minimum atomic E-state index is -3.68. The molecule has 2 amide bonds. The Kier molecular flexibility index (Phi) is 11.3. The molecule has 0 heterocycles. The van der Waals surface area contributed by atoms with Gasteiger partial charge < -0.3 is 21.1 Å². The van der Waals surface area contributed by atoms with Crippen LogP contribution in [0.1, 0.15) is 60.5 Å². The first-order chi connectivity index (χ1) is 20.2. The molecule has 224 valence electrons. The van der Waals surface area contributed by atoms with E-state index in [-0.39, 0.29) is 34.7 Å². The lowest BCUT2D eigenvalue weighted by molar-refractivity contribution is -0.123. The van der Waals surface area contributed by atoms with Gasteiger partial charge in [-0.25, -0.2) is 8.42 Å². The number of carbonyl (C=O) groups excluding carboxylic acids is 2. The van der Waals surface area contributed by atoms with Gasteiger partial charge in [0.15, 0.2) is 9.84 Å². The zero-order chi connectivity index (χ0) is 30.0. The first kappa shape index (κ1) is 31.4. The van der Waals surface area contributed by atoms with Crippen molar-refractivity contribution >= 4 is 21.7 Å². The van der Waals surface area contributed by atoms with Crippen LogP contribution < -0.4 is 16.0 Å². The summed E-state index contributed by atoms with van der Waals surface area (Å²) in [6, 6.07) is 23.3. The van der Waals surface area contributed by atoms with Gasteiger partial charge in [-0.05, 0) is 55.5 Å². The van der Waals surface area contributed by atoms with Crippen LogP contribution in [-0.2, 0) is 26.8 Å². The molecule has 0 saturated heterocycles. The number of carbonyl (C=O) groups is 2. The molecule has 1 aliphatic rings. The highest BCUT2D eigenvalue weighted by molar-refractivity contribution is 7.90. The number of rotatable bonds is 13. The van der Waals surface area contributed by atoms with Crippen molar-refractivity contribution < 1.29 is 23.1 Å². The SMILES string of the molecule is C[C@H](NC[C@@H](O)[C@H](Cc1ccccc1)NC(=O)c1cccc(S(=O)(=O)Cc2ccccc2)c1)C(=O)NC1CCCCC1. The summed E-state index contributed by atoms with van der Waals surface area (Å²) in [6.45, 7) is 1.85. The Morgan fingerprint density at radius 2 is 1.52 bits per heavy atom. The van der Waals surface area contributed by atoms with Crippen molar-refractivity contribution in [1.82, 2.24) is 16.0 Å². The summed E-state index contributed by atoms with van der Waals surface area (Å²) in [5.74, 6) is -0.770. The van der Waals surface area contributed by atoms with E-state index in [1.54, 1.807) is 43.3 Å². The van der Waals surface area contributed by atoms with Crippen molar-refractivity contribution in [3.05, 3.63) is 102 Å².